The van der Waals surface area contributed by atoms with Gasteiger partial charge >= 0.3 is 0 Å². The average molecular weight is 240 g/mol. The average Bonchev–Trinajstić information content (AvgIpc) is 1.99. The van der Waals surface area contributed by atoms with E-state index < -0.39 is 33.4 Å². The van der Waals surface area contributed by atoms with E-state index >= 15 is 0 Å². The molecule has 0 aliphatic carbocycles. The number of rotatable bonds is 6. The molecule has 0 aromatic carbocycles. The monoisotopic (exact) mass is 240 g/mol. The fourth-order valence-corrected chi connectivity index (χ4v) is 1.61. The lowest BCUT2D eigenvalue weighted by Gasteiger charge is -2.25. The molecule has 0 aliphatic heterocycles. The molecule has 0 bridgehead atoms. The molecule has 0 heterocycles. The molecule has 0 aromatic rings. The third kappa shape index (κ3) is 3.81. The number of aliphatic carboxylic acids is 2. The van der Waals surface area contributed by atoms with Crippen LogP contribution in [-0.2, 0) is 24.4 Å². The van der Waals surface area contributed by atoms with E-state index in [2.05, 4.69) is 4.74 Å². The SMILES string of the molecule is CCOC(C(=O)[O-])C(C(=O)[O-])S(=O)(=O)O. The summed E-state index contributed by atoms with van der Waals surface area (Å²) in [5.41, 5.74) is 0. The molecule has 8 nitrogen and oxygen atoms in total. The molecule has 0 rings (SSSR count). The quantitative estimate of drug-likeness (QED) is 0.464. The van der Waals surface area contributed by atoms with E-state index in [-0.39, 0.29) is 6.61 Å². The van der Waals surface area contributed by atoms with Crippen LogP contribution >= 0.6 is 0 Å². The lowest BCUT2D eigenvalue weighted by Crippen LogP contribution is -2.55. The second-order valence-corrected chi connectivity index (χ2v) is 3.99. The topological polar surface area (TPSA) is 144 Å². The molecule has 0 aliphatic rings. The molecule has 1 N–H and O–H groups in total. The minimum Gasteiger partial charge on any atom is -0.549 e. The molecule has 88 valence electrons. The lowest BCUT2D eigenvalue weighted by molar-refractivity contribution is -0.324. The Bertz CT molecular complexity index is 344. The van der Waals surface area contributed by atoms with Gasteiger partial charge in [0.2, 0.25) is 0 Å². The number of carbonyl (C=O) groups is 2. The minimum absolute atomic E-state index is 0.266. The maximum atomic E-state index is 10.6. The van der Waals surface area contributed by atoms with Gasteiger partial charge in [-0.2, -0.15) is 8.42 Å². The minimum atomic E-state index is -5.14. The molecule has 9 heteroatoms. The van der Waals surface area contributed by atoms with Gasteiger partial charge < -0.3 is 24.5 Å². The molecule has 2 unspecified atom stereocenters. The molecular weight excluding hydrogens is 232 g/mol. The van der Waals surface area contributed by atoms with Crippen LogP contribution in [0, 0.1) is 0 Å². The van der Waals surface area contributed by atoms with Crippen LogP contribution in [0.2, 0.25) is 0 Å². The summed E-state index contributed by atoms with van der Waals surface area (Å²) >= 11 is 0. The largest absolute Gasteiger partial charge is 0.549 e. The van der Waals surface area contributed by atoms with E-state index in [4.69, 9.17) is 4.55 Å². The fraction of sp³-hybridized carbons (Fsp3) is 0.667. The van der Waals surface area contributed by atoms with Crippen molar-refractivity contribution in [2.24, 2.45) is 0 Å². The van der Waals surface area contributed by atoms with Gasteiger partial charge in [0.05, 0.1) is 11.9 Å². The molecule has 0 fully saturated rings. The van der Waals surface area contributed by atoms with E-state index in [1.165, 1.54) is 6.92 Å². The Balaban J connectivity index is 5.20. The first-order valence-corrected chi connectivity index (χ1v) is 5.21. The second-order valence-electron chi connectivity index (χ2n) is 2.45. The summed E-state index contributed by atoms with van der Waals surface area (Å²) in [6, 6.07) is 0. The van der Waals surface area contributed by atoms with Crippen LogP contribution in [0.4, 0.5) is 0 Å². The molecule has 0 saturated heterocycles. The number of carbonyl (C=O) groups excluding carboxylic acids is 2. The van der Waals surface area contributed by atoms with Gasteiger partial charge in [0.1, 0.15) is 6.10 Å². The van der Waals surface area contributed by atoms with Crippen LogP contribution in [0.15, 0.2) is 0 Å². The van der Waals surface area contributed by atoms with Crippen molar-refractivity contribution in [3.63, 3.8) is 0 Å². The van der Waals surface area contributed by atoms with Crippen molar-refractivity contribution in [1.29, 1.82) is 0 Å². The predicted octanol–water partition coefficient (Wildman–Crippen LogP) is -3.85. The zero-order chi connectivity index (χ0) is 12.2. The first-order valence-electron chi connectivity index (χ1n) is 3.71. The molecular formula is C6H8O8S-2. The molecule has 0 amide bonds. The highest BCUT2D eigenvalue weighted by atomic mass is 32.2. The molecule has 2 atom stereocenters. The summed E-state index contributed by atoms with van der Waals surface area (Å²) in [7, 11) is -5.14. The highest BCUT2D eigenvalue weighted by Crippen LogP contribution is 2.08. The summed E-state index contributed by atoms with van der Waals surface area (Å²) in [4.78, 5) is 20.7. The number of carboxylic acids is 2. The third-order valence-corrected chi connectivity index (χ3v) is 2.49. The zero-order valence-corrected chi connectivity index (χ0v) is 8.39. The van der Waals surface area contributed by atoms with Gasteiger partial charge in [-0.05, 0) is 6.92 Å². The smallest absolute Gasteiger partial charge is 0.276 e. The van der Waals surface area contributed by atoms with Crippen molar-refractivity contribution < 1.29 is 37.5 Å². The third-order valence-electron chi connectivity index (χ3n) is 1.41. The van der Waals surface area contributed by atoms with Gasteiger partial charge in [0.25, 0.3) is 10.1 Å². The van der Waals surface area contributed by atoms with Crippen LogP contribution in [0.1, 0.15) is 6.92 Å². The maximum Gasteiger partial charge on any atom is 0.276 e. The fourth-order valence-electron chi connectivity index (χ4n) is 0.860. The van der Waals surface area contributed by atoms with Crippen molar-refractivity contribution in [2.45, 2.75) is 18.3 Å². The molecule has 0 radical (unpaired) electrons. The van der Waals surface area contributed by atoms with Gasteiger partial charge in [0.15, 0.2) is 5.25 Å². The summed E-state index contributed by atoms with van der Waals surface area (Å²) < 4.78 is 33.9. The highest BCUT2D eigenvalue weighted by molar-refractivity contribution is 7.87. The summed E-state index contributed by atoms with van der Waals surface area (Å²) in [6.45, 7) is 1.05. The Morgan fingerprint density at radius 1 is 1.33 bits per heavy atom. The molecule has 0 aromatic heterocycles. The Hall–Kier alpha value is -1.19. The summed E-state index contributed by atoms with van der Waals surface area (Å²) in [5.74, 6) is -4.34. The second kappa shape index (κ2) is 5.05. The van der Waals surface area contributed by atoms with Crippen molar-refractivity contribution in [2.75, 3.05) is 6.61 Å². The summed E-state index contributed by atoms with van der Waals surface area (Å²) in [5, 5.41) is 18.0. The van der Waals surface area contributed by atoms with E-state index in [1.807, 2.05) is 0 Å². The first kappa shape index (κ1) is 13.8. The van der Waals surface area contributed by atoms with Gasteiger partial charge in [-0.1, -0.05) is 0 Å². The summed E-state index contributed by atoms with van der Waals surface area (Å²) in [6.07, 6.45) is -2.31. The Labute approximate surface area is 85.2 Å². The Morgan fingerprint density at radius 2 is 1.80 bits per heavy atom. The number of ether oxygens (including phenoxy) is 1. The van der Waals surface area contributed by atoms with Crippen LogP contribution < -0.4 is 10.2 Å². The van der Waals surface area contributed by atoms with E-state index in [0.29, 0.717) is 0 Å². The van der Waals surface area contributed by atoms with Crippen molar-refractivity contribution in [1.82, 2.24) is 0 Å². The lowest BCUT2D eigenvalue weighted by atomic mass is 10.2. The van der Waals surface area contributed by atoms with E-state index in [9.17, 15) is 28.2 Å². The number of carboxylic acid groups (broad SMARTS) is 2. The van der Waals surface area contributed by atoms with Crippen molar-refractivity contribution in [3.8, 4) is 0 Å². The van der Waals surface area contributed by atoms with Crippen LogP contribution in [0.5, 0.6) is 0 Å². The molecule has 0 saturated carbocycles. The van der Waals surface area contributed by atoms with Gasteiger partial charge in [-0.25, -0.2) is 0 Å². The van der Waals surface area contributed by atoms with E-state index in [1.54, 1.807) is 0 Å². The highest BCUT2D eigenvalue weighted by Gasteiger charge is 2.35. The molecule has 0 spiro atoms. The number of hydrogen-bond acceptors (Lipinski definition) is 7. The van der Waals surface area contributed by atoms with Crippen LogP contribution in [0.3, 0.4) is 0 Å². The predicted molar refractivity (Wildman–Crippen MR) is 40.8 cm³/mol. The standard InChI is InChI=1S/C6H10O8S/c1-2-14-3(5(7)8)4(6(9)10)15(11,12)13/h3-4H,2H2,1H3,(H,7,8)(H,9,10)(H,11,12,13)/p-2. The normalized spacial score (nSPS) is 15.6. The van der Waals surface area contributed by atoms with Gasteiger partial charge in [0, 0.05) is 6.61 Å². The Morgan fingerprint density at radius 3 is 2.00 bits per heavy atom. The van der Waals surface area contributed by atoms with Crippen LogP contribution in [-0.4, -0.2) is 42.9 Å². The van der Waals surface area contributed by atoms with Crippen molar-refractivity contribution in [3.05, 3.63) is 0 Å². The van der Waals surface area contributed by atoms with Gasteiger partial charge in [-0.15, -0.1) is 0 Å². The zero-order valence-electron chi connectivity index (χ0n) is 7.58. The van der Waals surface area contributed by atoms with Gasteiger partial charge in [-0.3, -0.25) is 4.55 Å². The number of hydrogen-bond donors (Lipinski definition) is 1. The maximum absolute atomic E-state index is 10.6. The van der Waals surface area contributed by atoms with Crippen molar-refractivity contribution >= 4 is 22.1 Å². The molecule has 15 heavy (non-hydrogen) atoms. The van der Waals surface area contributed by atoms with Crippen LogP contribution in [0.25, 0.3) is 0 Å². The Kier molecular flexibility index (Phi) is 4.65. The first-order chi connectivity index (χ1) is 6.71. The van der Waals surface area contributed by atoms with E-state index in [0.717, 1.165) is 0 Å².